The molecule has 2 aromatic heterocycles. The molecule has 1 aliphatic rings. The molecule has 1 fully saturated rings. The van der Waals surface area contributed by atoms with Gasteiger partial charge in [0.05, 0.1) is 11.6 Å². The van der Waals surface area contributed by atoms with Crippen LogP contribution in [0.15, 0.2) is 34.9 Å². The summed E-state index contributed by atoms with van der Waals surface area (Å²) in [5.41, 5.74) is 0.322. The van der Waals surface area contributed by atoms with Crippen molar-refractivity contribution in [2.24, 2.45) is 0 Å². The Balaban J connectivity index is 1.81. The number of aryl methyl sites for hydroxylation is 1. The summed E-state index contributed by atoms with van der Waals surface area (Å²) < 4.78 is 5.80. The molecule has 23 heavy (non-hydrogen) atoms. The number of carbonyl (C=O) groups is 2. The summed E-state index contributed by atoms with van der Waals surface area (Å²) >= 11 is 0. The fourth-order valence-electron chi connectivity index (χ4n) is 2.88. The van der Waals surface area contributed by atoms with E-state index in [0.717, 1.165) is 30.8 Å². The van der Waals surface area contributed by atoms with E-state index in [1.807, 2.05) is 19.1 Å². The predicted octanol–water partition coefficient (Wildman–Crippen LogP) is 2.91. The molecule has 1 amide bonds. The smallest absolute Gasteiger partial charge is 0.354 e. The van der Waals surface area contributed by atoms with Gasteiger partial charge in [0.15, 0.2) is 0 Å². The van der Waals surface area contributed by atoms with Crippen LogP contribution in [-0.2, 0) is 6.42 Å². The Kier molecular flexibility index (Phi) is 4.14. The second kappa shape index (κ2) is 6.24. The largest absolute Gasteiger partial charge is 0.477 e. The number of hydrogen-bond donors (Lipinski definition) is 1. The van der Waals surface area contributed by atoms with E-state index in [1.54, 1.807) is 4.90 Å². The van der Waals surface area contributed by atoms with Gasteiger partial charge in [-0.05, 0) is 37.1 Å². The highest BCUT2D eigenvalue weighted by Gasteiger charge is 2.32. The molecule has 0 spiro atoms. The Labute approximate surface area is 133 Å². The van der Waals surface area contributed by atoms with Gasteiger partial charge in [0.2, 0.25) is 0 Å². The maximum absolute atomic E-state index is 12.7. The van der Waals surface area contributed by atoms with E-state index in [2.05, 4.69) is 4.98 Å². The Bertz CT molecular complexity index is 720. The van der Waals surface area contributed by atoms with Crippen LogP contribution in [0.1, 0.15) is 58.2 Å². The number of rotatable bonds is 4. The fourth-order valence-corrected chi connectivity index (χ4v) is 2.88. The number of likely N-dealkylation sites (tertiary alicyclic amines) is 1. The highest BCUT2D eigenvalue weighted by atomic mass is 16.4. The second-order valence-electron chi connectivity index (χ2n) is 5.55. The molecule has 0 radical (unpaired) electrons. The number of hydrogen-bond acceptors (Lipinski definition) is 4. The van der Waals surface area contributed by atoms with E-state index in [0.29, 0.717) is 12.1 Å². The Morgan fingerprint density at radius 3 is 2.78 bits per heavy atom. The molecular weight excluding hydrogens is 296 g/mol. The van der Waals surface area contributed by atoms with E-state index >= 15 is 0 Å². The first kappa shape index (κ1) is 15.3. The van der Waals surface area contributed by atoms with Gasteiger partial charge >= 0.3 is 5.97 Å². The van der Waals surface area contributed by atoms with E-state index in [4.69, 9.17) is 9.52 Å². The van der Waals surface area contributed by atoms with E-state index < -0.39 is 5.97 Å². The van der Waals surface area contributed by atoms with Crippen molar-refractivity contribution in [3.05, 3.63) is 53.2 Å². The predicted molar refractivity (Wildman–Crippen MR) is 82.3 cm³/mol. The van der Waals surface area contributed by atoms with Crippen LogP contribution in [0.2, 0.25) is 0 Å². The number of carbonyl (C=O) groups excluding carboxylic acids is 1. The van der Waals surface area contributed by atoms with Crippen LogP contribution in [0.5, 0.6) is 0 Å². The summed E-state index contributed by atoms with van der Waals surface area (Å²) in [4.78, 5) is 29.1. The first-order chi connectivity index (χ1) is 11.1. The van der Waals surface area contributed by atoms with Crippen LogP contribution in [0, 0.1) is 0 Å². The molecule has 0 saturated carbocycles. The summed E-state index contributed by atoms with van der Waals surface area (Å²) in [6, 6.07) is 6.67. The molecule has 0 aromatic carbocycles. The zero-order valence-electron chi connectivity index (χ0n) is 12.9. The molecular formula is C17H18N2O4. The molecule has 3 heterocycles. The van der Waals surface area contributed by atoms with Gasteiger partial charge in [-0.1, -0.05) is 6.92 Å². The van der Waals surface area contributed by atoms with Gasteiger partial charge in [0.25, 0.3) is 5.91 Å². The summed E-state index contributed by atoms with van der Waals surface area (Å²) in [5.74, 6) is 0.465. The van der Waals surface area contributed by atoms with Gasteiger partial charge in [-0.15, -0.1) is 0 Å². The molecule has 1 unspecified atom stereocenters. The lowest BCUT2D eigenvalue weighted by atomic mass is 10.1. The lowest BCUT2D eigenvalue weighted by molar-refractivity contribution is 0.0684. The highest BCUT2D eigenvalue weighted by molar-refractivity contribution is 5.95. The molecule has 1 saturated heterocycles. The molecule has 1 aliphatic heterocycles. The third-order valence-corrected chi connectivity index (χ3v) is 4.10. The van der Waals surface area contributed by atoms with Crippen LogP contribution in [0.3, 0.4) is 0 Å². The van der Waals surface area contributed by atoms with Crippen LogP contribution >= 0.6 is 0 Å². The average molecular weight is 314 g/mol. The van der Waals surface area contributed by atoms with E-state index in [-0.39, 0.29) is 17.6 Å². The molecule has 6 nitrogen and oxygen atoms in total. The zero-order valence-corrected chi connectivity index (χ0v) is 12.9. The van der Waals surface area contributed by atoms with Gasteiger partial charge in [-0.2, -0.15) is 0 Å². The third kappa shape index (κ3) is 2.97. The minimum atomic E-state index is -1.11. The first-order valence-corrected chi connectivity index (χ1v) is 7.69. The van der Waals surface area contributed by atoms with Crippen molar-refractivity contribution in [2.45, 2.75) is 32.2 Å². The van der Waals surface area contributed by atoms with Crippen LogP contribution in [0.4, 0.5) is 0 Å². The minimum Gasteiger partial charge on any atom is -0.477 e. The molecule has 0 bridgehead atoms. The maximum atomic E-state index is 12.7. The van der Waals surface area contributed by atoms with E-state index in [1.165, 1.54) is 18.3 Å². The Morgan fingerprint density at radius 1 is 1.35 bits per heavy atom. The number of amides is 1. The van der Waals surface area contributed by atoms with Gasteiger partial charge in [-0.3, -0.25) is 4.79 Å². The van der Waals surface area contributed by atoms with Crippen molar-refractivity contribution in [3.63, 3.8) is 0 Å². The number of aromatic carboxylic acids is 1. The number of furan rings is 1. The molecule has 2 aromatic rings. The lowest BCUT2D eigenvalue weighted by Gasteiger charge is -2.23. The lowest BCUT2D eigenvalue weighted by Crippen LogP contribution is -2.30. The van der Waals surface area contributed by atoms with Gasteiger partial charge < -0.3 is 14.4 Å². The second-order valence-corrected chi connectivity index (χ2v) is 5.55. The van der Waals surface area contributed by atoms with Crippen LogP contribution < -0.4 is 0 Å². The van der Waals surface area contributed by atoms with Crippen LogP contribution in [0.25, 0.3) is 0 Å². The molecule has 0 aliphatic carbocycles. The number of aromatic nitrogens is 1. The summed E-state index contributed by atoms with van der Waals surface area (Å²) in [7, 11) is 0. The molecule has 120 valence electrons. The van der Waals surface area contributed by atoms with Crippen molar-refractivity contribution in [1.29, 1.82) is 0 Å². The van der Waals surface area contributed by atoms with Gasteiger partial charge in [-0.25, -0.2) is 9.78 Å². The quantitative estimate of drug-likeness (QED) is 0.938. The third-order valence-electron chi connectivity index (χ3n) is 4.10. The zero-order chi connectivity index (χ0) is 16.4. The average Bonchev–Trinajstić information content (AvgIpc) is 3.22. The fraction of sp³-hybridized carbons (Fsp3) is 0.353. The maximum Gasteiger partial charge on any atom is 0.354 e. The standard InChI is InChI=1S/C17H18N2O4/c1-2-12-6-8-15(23-12)14-4-3-9-19(14)16(20)11-5-7-13(17(21)22)18-10-11/h5-8,10,14H,2-4,9H2,1H3,(H,21,22). The minimum absolute atomic E-state index is 0.0676. The topological polar surface area (TPSA) is 83.6 Å². The molecule has 3 rings (SSSR count). The number of carboxylic acids is 1. The number of pyridine rings is 1. The SMILES string of the molecule is CCc1ccc(C2CCCN2C(=O)c2ccc(C(=O)O)nc2)o1. The molecule has 1 atom stereocenters. The Morgan fingerprint density at radius 2 is 2.17 bits per heavy atom. The van der Waals surface area contributed by atoms with Crippen molar-refractivity contribution in [1.82, 2.24) is 9.88 Å². The normalized spacial score (nSPS) is 17.4. The van der Waals surface area contributed by atoms with Crippen molar-refractivity contribution in [2.75, 3.05) is 6.54 Å². The number of nitrogens with zero attached hydrogens (tertiary/aromatic N) is 2. The van der Waals surface area contributed by atoms with Crippen molar-refractivity contribution >= 4 is 11.9 Å². The highest BCUT2D eigenvalue weighted by Crippen LogP contribution is 2.34. The summed E-state index contributed by atoms with van der Waals surface area (Å²) in [5, 5.41) is 8.87. The monoisotopic (exact) mass is 314 g/mol. The van der Waals surface area contributed by atoms with Crippen molar-refractivity contribution in [3.8, 4) is 0 Å². The summed E-state index contributed by atoms with van der Waals surface area (Å²) in [6.45, 7) is 2.68. The van der Waals surface area contributed by atoms with Crippen LogP contribution in [-0.4, -0.2) is 33.4 Å². The van der Waals surface area contributed by atoms with E-state index in [9.17, 15) is 9.59 Å². The first-order valence-electron chi connectivity index (χ1n) is 7.69. The molecule has 1 N–H and O–H groups in total. The molecule has 6 heteroatoms. The Hall–Kier alpha value is -2.63. The summed E-state index contributed by atoms with van der Waals surface area (Å²) in [6.07, 6.45) is 3.92. The van der Waals surface area contributed by atoms with Crippen molar-refractivity contribution < 1.29 is 19.1 Å². The van der Waals surface area contributed by atoms with Gasteiger partial charge in [0.1, 0.15) is 17.2 Å². The number of carboxylic acid groups (broad SMARTS) is 1. The van der Waals surface area contributed by atoms with Gasteiger partial charge in [0, 0.05) is 19.2 Å².